The molecule has 10 N–H and O–H groups in total. The number of aromatic nitrogens is 1. The van der Waals surface area contributed by atoms with Crippen LogP contribution in [0, 0.1) is 10.1 Å². The van der Waals surface area contributed by atoms with E-state index in [1.807, 2.05) is 28.2 Å². The molecule has 3 atom stereocenters. The van der Waals surface area contributed by atoms with E-state index in [9.17, 15) is 48.5 Å². The van der Waals surface area contributed by atoms with Crippen LogP contribution in [0.5, 0.6) is 11.5 Å². The number of benzene rings is 3. The second-order valence-corrected chi connectivity index (χ2v) is 21.5. The summed E-state index contributed by atoms with van der Waals surface area (Å²) in [6.45, 7) is 2.86. The number of nitrogens with two attached hydrogens (primary N) is 1. The maximum atomic E-state index is 13.6. The van der Waals surface area contributed by atoms with Crippen LogP contribution in [0.4, 0.5) is 17.1 Å². The van der Waals surface area contributed by atoms with Gasteiger partial charge in [-0.3, -0.25) is 48.5 Å². The van der Waals surface area contributed by atoms with Crippen LogP contribution < -0.4 is 72.1 Å². The highest BCUT2D eigenvalue weighted by molar-refractivity contribution is 7.80. The quantitative estimate of drug-likeness (QED) is 0.00718. The summed E-state index contributed by atoms with van der Waals surface area (Å²) in [6, 6.07) is 14.2. The number of thiol groups is 1. The molecule has 0 fully saturated rings. The summed E-state index contributed by atoms with van der Waals surface area (Å²) in [5.41, 5.74) is 9.59. The maximum absolute atomic E-state index is 13.6. The smallest absolute Gasteiger partial charge is 0.278 e. The van der Waals surface area contributed by atoms with Crippen molar-refractivity contribution >= 4 is 98.8 Å². The normalized spacial score (nSPS) is 12.0. The second-order valence-electron chi connectivity index (χ2n) is 21.1. The first-order valence-electron chi connectivity index (χ1n) is 29.7. The van der Waals surface area contributed by atoms with Gasteiger partial charge in [-0.2, -0.15) is 17.2 Å². The topological polar surface area (TPSA) is 368 Å². The van der Waals surface area contributed by atoms with Crippen LogP contribution in [0.2, 0.25) is 0 Å². The second kappa shape index (κ2) is 40.5. The molecule has 30 heteroatoms. The van der Waals surface area contributed by atoms with Gasteiger partial charge in [0.25, 0.3) is 5.69 Å². The van der Waals surface area contributed by atoms with Crippen LogP contribution in [0.3, 0.4) is 0 Å². The molecule has 496 valence electrons. The molecule has 0 aliphatic rings. The first-order valence-corrected chi connectivity index (χ1v) is 30.4. The number of carbonyl (C=O) groups excluding carboxylic acids is 8. The number of fused-ring (bicyclic) bond motifs is 2. The van der Waals surface area contributed by atoms with E-state index in [-0.39, 0.29) is 151 Å². The Kier molecular flexibility index (Phi) is 33.4. The molecule has 0 radical (unpaired) electrons. The zero-order valence-corrected chi connectivity index (χ0v) is 53.4. The molecule has 0 saturated heterocycles. The summed E-state index contributed by atoms with van der Waals surface area (Å²) in [5, 5.41) is 35.4. The van der Waals surface area contributed by atoms with E-state index in [0.29, 0.717) is 25.8 Å². The number of nitro groups is 1. The van der Waals surface area contributed by atoms with Crippen LogP contribution in [0.1, 0.15) is 63.5 Å². The number of likely N-dealkylation sites (N-methyl/N-ethyl adjacent to an activating group) is 1. The number of unbranched alkanes of at least 4 members (excludes halogenated alkanes) is 1. The molecule has 1 aromatic heterocycles. The molecule has 0 aliphatic heterocycles. The first kappa shape index (κ1) is 74.3. The number of amides is 8. The van der Waals surface area contributed by atoms with Gasteiger partial charge in [0.05, 0.1) is 95.1 Å². The van der Waals surface area contributed by atoms with Crippen molar-refractivity contribution in [3.05, 3.63) is 70.3 Å². The summed E-state index contributed by atoms with van der Waals surface area (Å²) >= 11 is 4.01. The predicted octanol–water partition coefficient (Wildman–Crippen LogP) is 0.451. The predicted molar refractivity (Wildman–Crippen MR) is 340 cm³/mol. The summed E-state index contributed by atoms with van der Waals surface area (Å²) in [6.07, 6.45) is 2.03. The highest BCUT2D eigenvalue weighted by Crippen LogP contribution is 2.38. The Morgan fingerprint density at radius 1 is 0.611 bits per heavy atom. The van der Waals surface area contributed by atoms with E-state index in [2.05, 4.69) is 112 Å². The Bertz CT molecular complexity index is 2960. The number of anilines is 2. The van der Waals surface area contributed by atoms with Crippen molar-refractivity contribution in [3.8, 4) is 11.5 Å². The van der Waals surface area contributed by atoms with E-state index in [1.165, 1.54) is 27.1 Å². The van der Waals surface area contributed by atoms with Crippen molar-refractivity contribution in [3.63, 3.8) is 0 Å². The molecule has 29 nitrogen and oxygen atoms in total. The molecule has 0 saturated carbocycles. The molecular weight excluding hydrogens is 1190 g/mol. The number of methoxy groups -OCH3 is 1. The van der Waals surface area contributed by atoms with Crippen LogP contribution in [0.15, 0.2) is 54.6 Å². The Morgan fingerprint density at radius 2 is 1.16 bits per heavy atom. The molecule has 8 amide bonds. The molecule has 90 heavy (non-hydrogen) atoms. The molecule has 0 spiro atoms. The Morgan fingerprint density at radius 3 is 1.72 bits per heavy atom. The molecule has 1 unspecified atom stereocenters. The number of carbonyl (C=O) groups is 8. The Labute approximate surface area is 529 Å². The van der Waals surface area contributed by atoms with Crippen molar-refractivity contribution in [2.75, 3.05) is 150 Å². The van der Waals surface area contributed by atoms with E-state index < -0.39 is 65.5 Å². The summed E-state index contributed by atoms with van der Waals surface area (Å²) in [7, 11) is 10.8. The summed E-state index contributed by atoms with van der Waals surface area (Å²) in [5.74, 6) is -3.59. The minimum atomic E-state index is -1.16. The van der Waals surface area contributed by atoms with Gasteiger partial charge < -0.3 is 86.5 Å². The Hall–Kier alpha value is -8.16. The van der Waals surface area contributed by atoms with Gasteiger partial charge >= 0.3 is 0 Å². The minimum absolute atomic E-state index is 0.00478. The van der Waals surface area contributed by atoms with Gasteiger partial charge in [-0.25, -0.2) is 0 Å². The summed E-state index contributed by atoms with van der Waals surface area (Å²) < 4.78 is 34.7. The third-order valence-corrected chi connectivity index (χ3v) is 14.2. The van der Waals surface area contributed by atoms with E-state index in [0.717, 1.165) is 39.2 Å². The zero-order valence-electron chi connectivity index (χ0n) is 52.5. The minimum Gasteiger partial charge on any atom is -0.493 e. The van der Waals surface area contributed by atoms with Crippen molar-refractivity contribution < 1.29 is 76.3 Å². The van der Waals surface area contributed by atoms with Gasteiger partial charge in [-0.1, -0.05) is 0 Å². The number of hydrogen-bond donors (Lipinski definition) is 10. The van der Waals surface area contributed by atoms with Gasteiger partial charge in [-0.05, 0) is 69.0 Å². The lowest BCUT2D eigenvalue weighted by atomic mass is 10.0. The van der Waals surface area contributed by atoms with Crippen LogP contribution in [-0.2, 0) is 63.8 Å². The number of nitrogens with zero attached hydrogens (tertiary/aromatic N) is 4. The van der Waals surface area contributed by atoms with Gasteiger partial charge in [0.2, 0.25) is 58.3 Å². The zero-order chi connectivity index (χ0) is 66.0. The maximum Gasteiger partial charge on any atom is 0.278 e. The number of rotatable bonds is 44. The van der Waals surface area contributed by atoms with Crippen molar-refractivity contribution in [1.82, 2.24) is 42.5 Å². The third kappa shape index (κ3) is 26.5. The van der Waals surface area contributed by atoms with E-state index in [4.69, 9.17) is 34.2 Å². The summed E-state index contributed by atoms with van der Waals surface area (Å²) in [4.78, 5) is 117. The first-order chi connectivity index (χ1) is 43.1. The van der Waals surface area contributed by atoms with Gasteiger partial charge in [-0.15, -0.1) is 0 Å². The van der Waals surface area contributed by atoms with Crippen LogP contribution >= 0.6 is 12.6 Å². The molecule has 0 bridgehead atoms. The number of aryl methyl sites for hydroxylation is 1. The molecule has 4 aromatic rings. The van der Waals surface area contributed by atoms with Crippen molar-refractivity contribution in [2.24, 2.45) is 5.73 Å². The van der Waals surface area contributed by atoms with E-state index >= 15 is 0 Å². The molecule has 3 aromatic carbocycles. The monoisotopic (exact) mass is 1280 g/mol. The fraction of sp³-hybridized carbons (Fsp3) is 0.550. The Balaban J connectivity index is 1.21. The lowest BCUT2D eigenvalue weighted by molar-refractivity contribution is -0.645. The highest BCUT2D eigenvalue weighted by atomic mass is 32.1. The number of hydrogen-bond acceptors (Lipinski definition) is 20. The standard InChI is InChI=1S/C60H89N13O16S/c1-40(45-33-51(84-7)52(34-50(45)73(82)83)89-23-11-14-54(75)64-20-24-85-27-29-88-38-58(79)65-21-25-86-26-28-87-37-57(78)62-2)68-55(76)35-67-60(81)47(69-56(77)36-66-59(80)46(61)39-90)12-8-9-19-63-53(74)13-10-22-72-48-31-43(70(3)4)17-15-41(48)30-42-16-18-44(71(5)6)32-49(42)72/h15-18,30-34,40,46-47H,8-14,19-29,35-39,61H2,1-7H3,(H8-,62,63,64,65,66,67,68,69,74,75,76,77,78,79,80,81,90)/p+1/t40?,46-,47-/m0/s1. The molecular formula is C60H90N13O16S+. The molecule has 1 heterocycles. The SMILES string of the molecule is CNC(=O)COCCOCCNC(=O)COCCOCCNC(=O)CCCOc1cc([N+](=O)[O-])c(C(C)NC(=O)CNC(=O)[C@H](CCCCNC(=O)CCC[n+]2c3cc(N(C)C)ccc3cc3ccc(N(C)C)cc32)NC(=O)CNC(=O)[C@@H](N)CS)cc1OC. The van der Waals surface area contributed by atoms with Gasteiger partial charge in [0.15, 0.2) is 11.5 Å². The van der Waals surface area contributed by atoms with Gasteiger partial charge in [0, 0.05) is 114 Å². The fourth-order valence-electron chi connectivity index (χ4n) is 8.88. The average molecular weight is 1280 g/mol. The number of pyridine rings is 1. The average Bonchev–Trinajstić information content (AvgIpc) is 0.851. The molecule has 0 aliphatic carbocycles. The largest absolute Gasteiger partial charge is 0.493 e. The van der Waals surface area contributed by atoms with Crippen LogP contribution in [-0.4, -0.2) is 205 Å². The van der Waals surface area contributed by atoms with Crippen LogP contribution in [0.25, 0.3) is 21.8 Å². The highest BCUT2D eigenvalue weighted by Gasteiger charge is 2.27. The van der Waals surface area contributed by atoms with Crippen molar-refractivity contribution in [1.29, 1.82) is 0 Å². The van der Waals surface area contributed by atoms with Crippen molar-refractivity contribution in [2.45, 2.75) is 76.5 Å². The van der Waals surface area contributed by atoms with E-state index in [1.54, 1.807) is 0 Å². The number of nitro benzene ring substituents is 1. The lowest BCUT2D eigenvalue weighted by Gasteiger charge is -2.20. The molecule has 4 rings (SSSR count). The third-order valence-electron chi connectivity index (χ3n) is 13.8. The lowest BCUT2D eigenvalue weighted by Crippen LogP contribution is -2.52. The van der Waals surface area contributed by atoms with Gasteiger partial charge in [0.1, 0.15) is 25.8 Å². The number of nitrogens with one attached hydrogen (secondary N) is 8. The fourth-order valence-corrected chi connectivity index (χ4v) is 9.04. The number of ether oxygens (including phenoxy) is 6.